The van der Waals surface area contributed by atoms with Gasteiger partial charge in [-0.15, -0.1) is 0 Å². The van der Waals surface area contributed by atoms with Gasteiger partial charge in [0.2, 0.25) is 0 Å². The molecule has 1 atom stereocenters. The Morgan fingerprint density at radius 3 is 2.78 bits per heavy atom. The third-order valence-electron chi connectivity index (χ3n) is 4.76. The summed E-state index contributed by atoms with van der Waals surface area (Å²) in [5.41, 5.74) is 1.31. The minimum absolute atomic E-state index is 0.0473. The Labute approximate surface area is 157 Å². The Morgan fingerprint density at radius 1 is 1.37 bits per heavy atom. The molecule has 140 valence electrons. The van der Waals surface area contributed by atoms with Crippen molar-refractivity contribution < 1.29 is 9.53 Å². The van der Waals surface area contributed by atoms with Crippen molar-refractivity contribution in [3.63, 3.8) is 0 Å². The van der Waals surface area contributed by atoms with Gasteiger partial charge in [0.1, 0.15) is 17.4 Å². The number of anilines is 1. The highest BCUT2D eigenvalue weighted by atomic mass is 16.5. The third kappa shape index (κ3) is 4.11. The predicted octanol–water partition coefficient (Wildman–Crippen LogP) is 2.28. The molecule has 7 heteroatoms. The first-order chi connectivity index (χ1) is 13.0. The van der Waals surface area contributed by atoms with Crippen LogP contribution in [0.4, 0.5) is 5.69 Å². The van der Waals surface area contributed by atoms with Gasteiger partial charge in [0, 0.05) is 30.5 Å². The smallest absolute Gasteiger partial charge is 0.266 e. The highest BCUT2D eigenvalue weighted by Crippen LogP contribution is 2.21. The highest BCUT2D eigenvalue weighted by molar-refractivity contribution is 5.95. The monoisotopic (exact) mass is 366 g/mol. The second-order valence-electron chi connectivity index (χ2n) is 6.63. The van der Waals surface area contributed by atoms with Crippen LogP contribution in [0, 0.1) is 18.3 Å². The number of hydrogen-bond donors (Lipinski definition) is 2. The largest absolute Gasteiger partial charge is 0.497 e. The van der Waals surface area contributed by atoms with E-state index in [1.165, 1.54) is 6.07 Å². The summed E-state index contributed by atoms with van der Waals surface area (Å²) in [6, 6.07) is 11.0. The topological polar surface area (TPSA) is 98.2 Å². The number of piperidine rings is 1. The fourth-order valence-electron chi connectivity index (χ4n) is 3.30. The van der Waals surface area contributed by atoms with Crippen LogP contribution in [-0.2, 0) is 0 Å². The molecule has 0 aliphatic carbocycles. The van der Waals surface area contributed by atoms with E-state index in [4.69, 9.17) is 10.00 Å². The van der Waals surface area contributed by atoms with E-state index in [2.05, 4.69) is 10.3 Å². The molecule has 1 unspecified atom stereocenters. The van der Waals surface area contributed by atoms with Gasteiger partial charge in [0.25, 0.3) is 11.5 Å². The van der Waals surface area contributed by atoms with Crippen LogP contribution >= 0.6 is 0 Å². The molecule has 0 saturated carbocycles. The maximum absolute atomic E-state index is 12.9. The van der Waals surface area contributed by atoms with Gasteiger partial charge in [-0.2, -0.15) is 5.26 Å². The fraction of sp³-hybridized carbons (Fsp3) is 0.350. The third-order valence-corrected chi connectivity index (χ3v) is 4.76. The molecule has 2 N–H and O–H groups in total. The zero-order chi connectivity index (χ0) is 19.4. The maximum atomic E-state index is 12.9. The molecule has 1 amide bonds. The van der Waals surface area contributed by atoms with Crippen molar-refractivity contribution in [1.29, 1.82) is 5.26 Å². The van der Waals surface area contributed by atoms with Crippen LogP contribution in [0.2, 0.25) is 0 Å². The van der Waals surface area contributed by atoms with Crippen LogP contribution < -0.4 is 15.6 Å². The van der Waals surface area contributed by atoms with Crippen molar-refractivity contribution in [3.8, 4) is 11.8 Å². The lowest BCUT2D eigenvalue weighted by atomic mass is 10.0. The van der Waals surface area contributed by atoms with Gasteiger partial charge in [-0.25, -0.2) is 0 Å². The number of hydrogen-bond acceptors (Lipinski definition) is 5. The zero-order valence-electron chi connectivity index (χ0n) is 15.4. The molecule has 0 radical (unpaired) electrons. The number of aromatic amines is 1. The Hall–Kier alpha value is -3.27. The molecule has 1 aliphatic heterocycles. The van der Waals surface area contributed by atoms with Crippen LogP contribution in [0.25, 0.3) is 0 Å². The Bertz CT molecular complexity index is 928. The summed E-state index contributed by atoms with van der Waals surface area (Å²) >= 11 is 0. The first-order valence-electron chi connectivity index (χ1n) is 8.85. The second kappa shape index (κ2) is 7.96. The SMILES string of the molecule is COc1ccc(NC2CCCN(C(=O)c3cc(C#N)c(=O)[nH]c3C)C2)cc1. The summed E-state index contributed by atoms with van der Waals surface area (Å²) < 4.78 is 5.17. The molecular formula is C20H22N4O3. The number of likely N-dealkylation sites (tertiary alicyclic amines) is 1. The van der Waals surface area contributed by atoms with Gasteiger partial charge in [-0.3, -0.25) is 9.59 Å². The summed E-state index contributed by atoms with van der Waals surface area (Å²) in [7, 11) is 1.63. The summed E-state index contributed by atoms with van der Waals surface area (Å²) in [5.74, 6) is 0.629. The Kier molecular flexibility index (Phi) is 5.46. The van der Waals surface area contributed by atoms with Crippen molar-refractivity contribution in [1.82, 2.24) is 9.88 Å². The summed E-state index contributed by atoms with van der Waals surface area (Å²) in [6.45, 7) is 2.89. The normalized spacial score (nSPS) is 16.5. The number of nitrogens with one attached hydrogen (secondary N) is 2. The molecule has 1 saturated heterocycles. The van der Waals surface area contributed by atoms with Gasteiger partial charge in [-0.05, 0) is 50.1 Å². The molecular weight excluding hydrogens is 344 g/mol. The molecule has 1 aliphatic rings. The predicted molar refractivity (Wildman–Crippen MR) is 102 cm³/mol. The van der Waals surface area contributed by atoms with Crippen LogP contribution in [0.1, 0.15) is 34.5 Å². The first-order valence-corrected chi connectivity index (χ1v) is 8.85. The molecule has 2 heterocycles. The van der Waals surface area contributed by atoms with Crippen LogP contribution in [0.5, 0.6) is 5.75 Å². The number of benzene rings is 1. The number of H-pyrrole nitrogens is 1. The van der Waals surface area contributed by atoms with E-state index in [-0.39, 0.29) is 17.5 Å². The number of rotatable bonds is 4. The second-order valence-corrected chi connectivity index (χ2v) is 6.63. The summed E-state index contributed by atoms with van der Waals surface area (Å²) in [4.78, 5) is 29.0. The van der Waals surface area contributed by atoms with E-state index in [0.29, 0.717) is 24.3 Å². The number of carbonyl (C=O) groups excluding carboxylic acids is 1. The minimum atomic E-state index is -0.468. The molecule has 27 heavy (non-hydrogen) atoms. The minimum Gasteiger partial charge on any atom is -0.497 e. The van der Waals surface area contributed by atoms with Crippen molar-refractivity contribution in [2.45, 2.75) is 25.8 Å². The summed E-state index contributed by atoms with van der Waals surface area (Å²) in [6.07, 6.45) is 1.84. The van der Waals surface area contributed by atoms with E-state index in [1.54, 1.807) is 18.9 Å². The van der Waals surface area contributed by atoms with E-state index in [9.17, 15) is 9.59 Å². The van der Waals surface area contributed by atoms with Gasteiger partial charge >= 0.3 is 0 Å². The van der Waals surface area contributed by atoms with Crippen molar-refractivity contribution in [2.24, 2.45) is 0 Å². The van der Waals surface area contributed by atoms with E-state index < -0.39 is 5.56 Å². The molecule has 1 fully saturated rings. The molecule has 0 spiro atoms. The number of aryl methyl sites for hydroxylation is 1. The van der Waals surface area contributed by atoms with Crippen LogP contribution in [0.3, 0.4) is 0 Å². The molecule has 0 bridgehead atoms. The van der Waals surface area contributed by atoms with Crippen LogP contribution in [-0.4, -0.2) is 42.0 Å². The van der Waals surface area contributed by atoms with Crippen LogP contribution in [0.15, 0.2) is 35.1 Å². The average Bonchev–Trinajstić information content (AvgIpc) is 2.68. The van der Waals surface area contributed by atoms with E-state index >= 15 is 0 Å². The number of ether oxygens (including phenoxy) is 1. The molecule has 1 aromatic heterocycles. The van der Waals surface area contributed by atoms with Crippen molar-refractivity contribution in [3.05, 3.63) is 57.5 Å². The quantitative estimate of drug-likeness (QED) is 0.865. The fourth-order valence-corrected chi connectivity index (χ4v) is 3.30. The van der Waals surface area contributed by atoms with Crippen molar-refractivity contribution >= 4 is 11.6 Å². The van der Waals surface area contributed by atoms with E-state index in [1.807, 2.05) is 30.3 Å². The molecule has 3 rings (SSSR count). The first kappa shape index (κ1) is 18.5. The van der Waals surface area contributed by atoms with Gasteiger partial charge in [0.05, 0.1) is 12.7 Å². The number of nitriles is 1. The number of aromatic nitrogens is 1. The van der Waals surface area contributed by atoms with E-state index in [0.717, 1.165) is 24.3 Å². The number of carbonyl (C=O) groups is 1. The number of pyridine rings is 1. The molecule has 7 nitrogen and oxygen atoms in total. The molecule has 1 aromatic carbocycles. The number of nitrogens with zero attached hydrogens (tertiary/aromatic N) is 2. The van der Waals surface area contributed by atoms with Gasteiger partial charge in [0.15, 0.2) is 0 Å². The Balaban J connectivity index is 1.73. The average molecular weight is 366 g/mol. The van der Waals surface area contributed by atoms with Crippen molar-refractivity contribution in [2.75, 3.05) is 25.5 Å². The lowest BCUT2D eigenvalue weighted by molar-refractivity contribution is 0.0713. The lowest BCUT2D eigenvalue weighted by Crippen LogP contribution is -2.45. The zero-order valence-corrected chi connectivity index (χ0v) is 15.4. The number of amides is 1. The maximum Gasteiger partial charge on any atom is 0.266 e. The summed E-state index contributed by atoms with van der Waals surface area (Å²) in [5, 5.41) is 12.5. The number of methoxy groups -OCH3 is 1. The van der Waals surface area contributed by atoms with Gasteiger partial charge in [-0.1, -0.05) is 0 Å². The molecule has 2 aromatic rings. The Morgan fingerprint density at radius 2 is 2.11 bits per heavy atom. The highest BCUT2D eigenvalue weighted by Gasteiger charge is 2.26. The standard InChI is InChI=1S/C20H22N4O3/c1-13-18(10-14(11-21)19(25)22-13)20(26)24-9-3-4-16(12-24)23-15-5-7-17(27-2)8-6-15/h5-8,10,16,23H,3-4,9,12H2,1-2H3,(H,22,25). The van der Waals surface area contributed by atoms with Gasteiger partial charge < -0.3 is 19.9 Å². The lowest BCUT2D eigenvalue weighted by Gasteiger charge is -2.34.